The van der Waals surface area contributed by atoms with Gasteiger partial charge in [0.1, 0.15) is 11.8 Å². The van der Waals surface area contributed by atoms with Crippen LogP contribution in [0.25, 0.3) is 11.5 Å². The average molecular weight is 502 g/mol. The summed E-state index contributed by atoms with van der Waals surface area (Å²) in [6.45, 7) is 2.06. The van der Waals surface area contributed by atoms with Gasteiger partial charge in [-0.15, -0.1) is 10.2 Å². The van der Waals surface area contributed by atoms with Crippen LogP contribution >= 0.6 is 23.5 Å². The summed E-state index contributed by atoms with van der Waals surface area (Å²) >= 11 is 7.46. The predicted molar refractivity (Wildman–Crippen MR) is 132 cm³/mol. The Labute approximate surface area is 208 Å². The Balaban J connectivity index is 1.41. The van der Waals surface area contributed by atoms with Crippen molar-refractivity contribution in [2.24, 2.45) is 5.41 Å². The number of hydrogen-bond acceptors (Lipinski definition) is 9. The number of ether oxygens (including phenoxy) is 2. The maximum absolute atomic E-state index is 5.94. The van der Waals surface area contributed by atoms with E-state index in [1.807, 2.05) is 18.2 Å². The molecule has 3 aromatic rings. The fourth-order valence-corrected chi connectivity index (χ4v) is 5.85. The molecule has 2 aliphatic carbocycles. The zero-order chi connectivity index (χ0) is 23.7. The van der Waals surface area contributed by atoms with Gasteiger partial charge in [-0.1, -0.05) is 24.1 Å². The van der Waals surface area contributed by atoms with Gasteiger partial charge in [0.25, 0.3) is 0 Å². The molecule has 0 saturated heterocycles. The predicted octanol–water partition coefficient (Wildman–Crippen LogP) is 5.13. The van der Waals surface area contributed by atoms with Crippen LogP contribution in [0.4, 0.5) is 5.95 Å². The van der Waals surface area contributed by atoms with Crippen LogP contribution in [0, 0.1) is 5.41 Å². The maximum atomic E-state index is 5.94. The first-order chi connectivity index (χ1) is 16.5. The topological polar surface area (TPSA) is 99.9 Å². The normalized spacial score (nSPS) is 20.3. The van der Waals surface area contributed by atoms with Gasteiger partial charge >= 0.3 is 0 Å². The molecule has 180 valence electrons. The molecule has 2 aliphatic rings. The minimum absolute atomic E-state index is 0.00577. The number of hydrogen-bond donors (Lipinski definition) is 1. The lowest BCUT2D eigenvalue weighted by atomic mass is 9.53. The summed E-state index contributed by atoms with van der Waals surface area (Å²) in [7, 11) is 3.28. The summed E-state index contributed by atoms with van der Waals surface area (Å²) in [6.07, 6.45) is 9.02. The molecule has 9 nitrogen and oxygen atoms in total. The summed E-state index contributed by atoms with van der Waals surface area (Å²) < 4.78 is 16.7. The van der Waals surface area contributed by atoms with E-state index in [0.717, 1.165) is 23.9 Å². The fraction of sp³-hybridized carbons (Fsp3) is 0.522. The third kappa shape index (κ3) is 4.23. The summed E-state index contributed by atoms with van der Waals surface area (Å²) in [4.78, 5) is 13.3. The molecule has 1 N–H and O–H groups in total. The van der Waals surface area contributed by atoms with Crippen molar-refractivity contribution in [2.45, 2.75) is 56.4 Å². The van der Waals surface area contributed by atoms with Crippen molar-refractivity contribution in [3.63, 3.8) is 0 Å². The standard InChI is InChI=1S/C23H28ClN7O2S/c1-14(19(33-3)20-25-12-15(24)13-26-20)34-30-22-29-28-21(16-6-4-7-18(27-16)32-2)31(22)17-8-11-23(17)9-5-10-23/h4,6-7,12-14,17,19H,5,8-11H2,1-3H3,(H,29,30)/t14?,17-,19?/m1/s1. The van der Waals surface area contributed by atoms with E-state index in [4.69, 9.17) is 21.1 Å². The minimum atomic E-state index is -0.313. The third-order valence-corrected chi connectivity index (χ3v) is 8.17. The molecule has 1 spiro atoms. The van der Waals surface area contributed by atoms with Crippen molar-refractivity contribution in [1.29, 1.82) is 0 Å². The highest BCUT2D eigenvalue weighted by atomic mass is 35.5. The van der Waals surface area contributed by atoms with Crippen LogP contribution in [0.3, 0.4) is 0 Å². The van der Waals surface area contributed by atoms with Gasteiger partial charge in [-0.3, -0.25) is 9.29 Å². The highest BCUT2D eigenvalue weighted by Gasteiger charge is 2.53. The lowest BCUT2D eigenvalue weighted by Gasteiger charge is -2.56. The minimum Gasteiger partial charge on any atom is -0.481 e. The molecule has 0 bridgehead atoms. The highest BCUT2D eigenvalue weighted by molar-refractivity contribution is 8.01. The Morgan fingerprint density at radius 3 is 2.59 bits per heavy atom. The number of pyridine rings is 1. The molecule has 3 aromatic heterocycles. The maximum Gasteiger partial charge on any atom is 0.235 e. The molecule has 0 radical (unpaired) electrons. The number of nitrogens with one attached hydrogen (secondary N) is 1. The largest absolute Gasteiger partial charge is 0.481 e. The first-order valence-corrected chi connectivity index (χ1v) is 12.7. The second-order valence-electron chi connectivity index (χ2n) is 8.89. The number of rotatable bonds is 9. The lowest BCUT2D eigenvalue weighted by Crippen LogP contribution is -2.47. The zero-order valence-electron chi connectivity index (χ0n) is 19.4. The Kier molecular flexibility index (Phi) is 6.63. The lowest BCUT2D eigenvalue weighted by molar-refractivity contribution is -0.0369. The SMILES string of the molecule is COc1cccc(-c2nnc(NSC(C)C(OC)c3ncc(Cl)cn3)n2[C@@H]2CCC23CCC3)n1. The van der Waals surface area contributed by atoms with E-state index in [-0.39, 0.29) is 11.4 Å². The second kappa shape index (κ2) is 9.67. The molecule has 0 aliphatic heterocycles. The van der Waals surface area contributed by atoms with Crippen molar-refractivity contribution in [1.82, 2.24) is 29.7 Å². The molecular weight excluding hydrogens is 474 g/mol. The van der Waals surface area contributed by atoms with Gasteiger partial charge in [0.05, 0.1) is 17.4 Å². The third-order valence-electron chi connectivity index (χ3n) is 7.05. The van der Waals surface area contributed by atoms with Crippen molar-refractivity contribution >= 4 is 29.5 Å². The van der Waals surface area contributed by atoms with Crippen LogP contribution < -0.4 is 9.46 Å². The number of nitrogens with zero attached hydrogens (tertiary/aromatic N) is 6. The molecule has 0 aromatic carbocycles. The summed E-state index contributed by atoms with van der Waals surface area (Å²) in [5.74, 6) is 2.63. The van der Waals surface area contributed by atoms with Crippen LogP contribution in [0.15, 0.2) is 30.6 Å². The number of methoxy groups -OCH3 is 2. The molecule has 5 rings (SSSR count). The molecule has 3 heterocycles. The van der Waals surface area contributed by atoms with Crippen LogP contribution in [0.5, 0.6) is 5.88 Å². The van der Waals surface area contributed by atoms with E-state index < -0.39 is 0 Å². The quantitative estimate of drug-likeness (QED) is 0.399. The van der Waals surface area contributed by atoms with Crippen LogP contribution in [0.1, 0.15) is 57.0 Å². The van der Waals surface area contributed by atoms with Crippen LogP contribution in [-0.4, -0.2) is 49.2 Å². The van der Waals surface area contributed by atoms with Gasteiger partial charge in [0, 0.05) is 31.6 Å². The van der Waals surface area contributed by atoms with E-state index >= 15 is 0 Å². The fourth-order valence-electron chi connectivity index (χ4n) is 4.97. The smallest absolute Gasteiger partial charge is 0.235 e. The van der Waals surface area contributed by atoms with E-state index in [2.05, 4.69) is 41.4 Å². The van der Waals surface area contributed by atoms with E-state index in [1.54, 1.807) is 26.6 Å². The Hall–Kier alpha value is -2.43. The average Bonchev–Trinajstić information content (AvgIpc) is 3.21. The van der Waals surface area contributed by atoms with Gasteiger partial charge in [-0.05, 0) is 56.0 Å². The molecule has 11 heteroatoms. The van der Waals surface area contributed by atoms with Crippen molar-refractivity contribution in [3.05, 3.63) is 41.4 Å². The summed E-state index contributed by atoms with van der Waals surface area (Å²) in [6, 6.07) is 6.07. The van der Waals surface area contributed by atoms with Crippen molar-refractivity contribution in [2.75, 3.05) is 18.9 Å². The molecule has 34 heavy (non-hydrogen) atoms. The monoisotopic (exact) mass is 501 g/mol. The number of halogens is 1. The molecule has 3 atom stereocenters. The summed E-state index contributed by atoms with van der Waals surface area (Å²) in [5.41, 5.74) is 1.11. The van der Waals surface area contributed by atoms with Gasteiger partial charge in [0.15, 0.2) is 11.6 Å². The molecule has 2 saturated carbocycles. The van der Waals surface area contributed by atoms with Crippen LogP contribution in [-0.2, 0) is 4.74 Å². The molecular formula is C23H28ClN7O2S. The first kappa shape index (κ1) is 23.3. The van der Waals surface area contributed by atoms with Gasteiger partial charge in [-0.2, -0.15) is 0 Å². The molecule has 2 fully saturated rings. The van der Waals surface area contributed by atoms with Gasteiger partial charge in [-0.25, -0.2) is 15.0 Å². The van der Waals surface area contributed by atoms with E-state index in [1.165, 1.54) is 37.6 Å². The molecule has 0 amide bonds. The first-order valence-electron chi connectivity index (χ1n) is 11.4. The Bertz CT molecular complexity index is 1130. The molecule has 2 unspecified atom stereocenters. The van der Waals surface area contributed by atoms with Gasteiger partial charge in [0.2, 0.25) is 11.8 Å². The van der Waals surface area contributed by atoms with Crippen molar-refractivity contribution in [3.8, 4) is 17.4 Å². The number of anilines is 1. The highest BCUT2D eigenvalue weighted by Crippen LogP contribution is 2.63. The Morgan fingerprint density at radius 1 is 1.18 bits per heavy atom. The van der Waals surface area contributed by atoms with Crippen molar-refractivity contribution < 1.29 is 9.47 Å². The van der Waals surface area contributed by atoms with E-state index in [9.17, 15) is 0 Å². The summed E-state index contributed by atoms with van der Waals surface area (Å²) in [5, 5.41) is 9.56. The zero-order valence-corrected chi connectivity index (χ0v) is 21.0. The second-order valence-corrected chi connectivity index (χ2v) is 10.5. The van der Waals surface area contributed by atoms with Gasteiger partial charge < -0.3 is 9.47 Å². The van der Waals surface area contributed by atoms with Crippen LogP contribution in [0.2, 0.25) is 5.02 Å². The Morgan fingerprint density at radius 2 is 1.97 bits per heavy atom. The van der Waals surface area contributed by atoms with E-state index in [0.29, 0.717) is 28.2 Å². The number of aromatic nitrogens is 6.